The van der Waals surface area contributed by atoms with E-state index in [1.54, 1.807) is 24.3 Å². The minimum Gasteiger partial charge on any atom is -0.478 e. The van der Waals surface area contributed by atoms with Crippen LogP contribution in [0.3, 0.4) is 0 Å². The minimum atomic E-state index is -0.955. The second-order valence-corrected chi connectivity index (χ2v) is 3.36. The predicted octanol–water partition coefficient (Wildman–Crippen LogP) is 3.19. The Morgan fingerprint density at radius 3 is 2.33 bits per heavy atom. The molecule has 0 aliphatic heterocycles. The second-order valence-electron chi connectivity index (χ2n) is 2.95. The van der Waals surface area contributed by atoms with Crippen molar-refractivity contribution in [2.45, 2.75) is 0 Å². The maximum absolute atomic E-state index is 10.9. The first-order valence-corrected chi connectivity index (χ1v) is 4.48. The Bertz CT molecular complexity index is 506. The second kappa shape index (κ2) is 4.94. The van der Waals surface area contributed by atoms with E-state index in [2.05, 4.69) is 0 Å². The summed E-state index contributed by atoms with van der Waals surface area (Å²) in [7, 11) is 0. The van der Waals surface area contributed by atoms with E-state index in [0.717, 1.165) is 5.39 Å². The van der Waals surface area contributed by atoms with Crippen LogP contribution in [0.2, 0.25) is 5.02 Å². The third-order valence-corrected chi connectivity index (χ3v) is 2.40. The van der Waals surface area contributed by atoms with Crippen molar-refractivity contribution in [3.63, 3.8) is 0 Å². The molecular formula is C11H7CdClO2. The van der Waals surface area contributed by atoms with E-state index in [1.807, 2.05) is 12.1 Å². The van der Waals surface area contributed by atoms with Gasteiger partial charge in [0.2, 0.25) is 0 Å². The van der Waals surface area contributed by atoms with E-state index in [4.69, 9.17) is 16.7 Å². The number of carboxylic acids is 1. The van der Waals surface area contributed by atoms with Crippen LogP contribution in [0.1, 0.15) is 10.4 Å². The molecule has 0 saturated carbocycles. The van der Waals surface area contributed by atoms with E-state index >= 15 is 0 Å². The van der Waals surface area contributed by atoms with Gasteiger partial charge in [-0.25, -0.2) is 4.79 Å². The molecule has 2 aromatic rings. The van der Waals surface area contributed by atoms with E-state index in [-0.39, 0.29) is 32.9 Å². The fraction of sp³-hybridized carbons (Fsp3) is 0. The summed E-state index contributed by atoms with van der Waals surface area (Å²) in [6, 6.07) is 10.4. The summed E-state index contributed by atoms with van der Waals surface area (Å²) in [6.45, 7) is 0. The van der Waals surface area contributed by atoms with E-state index < -0.39 is 5.97 Å². The largest absolute Gasteiger partial charge is 0.478 e. The molecule has 0 amide bonds. The Morgan fingerprint density at radius 2 is 1.73 bits per heavy atom. The normalized spacial score (nSPS) is 9.67. The smallest absolute Gasteiger partial charge is 0.336 e. The van der Waals surface area contributed by atoms with Crippen LogP contribution in [-0.4, -0.2) is 11.1 Å². The number of fused-ring (bicyclic) bond motifs is 1. The van der Waals surface area contributed by atoms with Gasteiger partial charge in [-0.3, -0.25) is 0 Å². The molecule has 1 N–H and O–H groups in total. The summed E-state index contributed by atoms with van der Waals surface area (Å²) < 4.78 is 0. The Labute approximate surface area is 112 Å². The third kappa shape index (κ3) is 2.31. The van der Waals surface area contributed by atoms with Crippen molar-refractivity contribution in [2.24, 2.45) is 0 Å². The standard InChI is InChI=1S/C11H7ClO2.Cd/c12-9-6-2-4-7-3-1-5-8(10(7)9)11(13)14;/h1-6H,(H,13,14);. The van der Waals surface area contributed by atoms with Gasteiger partial charge in [-0.1, -0.05) is 35.9 Å². The van der Waals surface area contributed by atoms with Crippen molar-refractivity contribution in [2.75, 3.05) is 0 Å². The van der Waals surface area contributed by atoms with Crippen molar-refractivity contribution in [1.29, 1.82) is 0 Å². The van der Waals surface area contributed by atoms with Gasteiger partial charge in [-0.2, -0.15) is 0 Å². The summed E-state index contributed by atoms with van der Waals surface area (Å²) in [5, 5.41) is 10.9. The average Bonchev–Trinajstić information content (AvgIpc) is 2.17. The van der Waals surface area contributed by atoms with Gasteiger partial charge >= 0.3 is 5.97 Å². The Balaban J connectivity index is 0.00000112. The summed E-state index contributed by atoms with van der Waals surface area (Å²) in [6.07, 6.45) is 0. The number of carboxylic acid groups (broad SMARTS) is 1. The molecule has 0 aliphatic carbocycles. The van der Waals surface area contributed by atoms with Crippen LogP contribution in [0.5, 0.6) is 0 Å². The van der Waals surface area contributed by atoms with Gasteiger partial charge in [0.1, 0.15) is 0 Å². The Morgan fingerprint density at radius 1 is 1.13 bits per heavy atom. The van der Waals surface area contributed by atoms with Crippen molar-refractivity contribution >= 4 is 28.3 Å². The SMILES string of the molecule is O=C(O)c1cccc2cccc(Cl)c12.[Cd]. The van der Waals surface area contributed by atoms with Crippen LogP contribution in [-0.2, 0) is 27.3 Å². The molecule has 72 valence electrons. The molecule has 0 unspecified atom stereocenters. The zero-order valence-corrected chi connectivity index (χ0v) is 12.7. The number of benzene rings is 2. The van der Waals surface area contributed by atoms with Crippen molar-refractivity contribution in [1.82, 2.24) is 0 Å². The maximum atomic E-state index is 10.9. The van der Waals surface area contributed by atoms with Crippen LogP contribution in [0.15, 0.2) is 36.4 Å². The number of hydrogen-bond donors (Lipinski definition) is 1. The first-order valence-electron chi connectivity index (χ1n) is 4.10. The zero-order chi connectivity index (χ0) is 10.1. The minimum absolute atomic E-state index is 0. The molecule has 2 aromatic carbocycles. The monoisotopic (exact) mass is 320 g/mol. The predicted molar refractivity (Wildman–Crippen MR) is 55.9 cm³/mol. The van der Waals surface area contributed by atoms with E-state index in [9.17, 15) is 4.79 Å². The summed E-state index contributed by atoms with van der Waals surface area (Å²) in [5.74, 6) is -0.955. The summed E-state index contributed by atoms with van der Waals surface area (Å²) in [4.78, 5) is 10.9. The van der Waals surface area contributed by atoms with Gasteiger partial charge in [-0.05, 0) is 17.5 Å². The van der Waals surface area contributed by atoms with Gasteiger partial charge in [0, 0.05) is 37.7 Å². The van der Waals surface area contributed by atoms with Crippen LogP contribution in [0.25, 0.3) is 10.8 Å². The molecule has 0 bridgehead atoms. The molecule has 2 rings (SSSR count). The molecule has 0 spiro atoms. The van der Waals surface area contributed by atoms with Gasteiger partial charge in [-0.15, -0.1) is 0 Å². The number of aromatic carboxylic acids is 1. The molecule has 0 saturated heterocycles. The average molecular weight is 319 g/mol. The van der Waals surface area contributed by atoms with Gasteiger partial charge in [0.15, 0.2) is 0 Å². The molecule has 0 atom stereocenters. The molecular weight excluding hydrogens is 312 g/mol. The fourth-order valence-corrected chi connectivity index (χ4v) is 1.76. The van der Waals surface area contributed by atoms with Crippen molar-refractivity contribution in [3.8, 4) is 0 Å². The van der Waals surface area contributed by atoms with Crippen LogP contribution >= 0.6 is 11.6 Å². The summed E-state index contributed by atoms with van der Waals surface area (Å²) in [5.41, 5.74) is 0.244. The quantitative estimate of drug-likeness (QED) is 0.820. The van der Waals surface area contributed by atoms with Crippen molar-refractivity contribution in [3.05, 3.63) is 47.0 Å². The molecule has 4 heteroatoms. The van der Waals surface area contributed by atoms with Crippen molar-refractivity contribution < 1.29 is 37.2 Å². The molecule has 2 nitrogen and oxygen atoms in total. The first kappa shape index (κ1) is 12.5. The maximum Gasteiger partial charge on any atom is 0.336 e. The molecule has 0 radical (unpaired) electrons. The molecule has 0 fully saturated rings. The topological polar surface area (TPSA) is 37.3 Å². The van der Waals surface area contributed by atoms with Crippen LogP contribution in [0, 0.1) is 0 Å². The zero-order valence-electron chi connectivity index (χ0n) is 7.90. The number of halogens is 1. The van der Waals surface area contributed by atoms with Gasteiger partial charge < -0.3 is 5.11 Å². The summed E-state index contributed by atoms with van der Waals surface area (Å²) >= 11 is 5.94. The van der Waals surface area contributed by atoms with Gasteiger partial charge in [0.25, 0.3) is 0 Å². The Hall–Kier alpha value is -0.618. The van der Waals surface area contributed by atoms with Gasteiger partial charge in [0.05, 0.1) is 5.56 Å². The number of carbonyl (C=O) groups is 1. The molecule has 0 aromatic heterocycles. The first-order chi connectivity index (χ1) is 6.70. The van der Waals surface area contributed by atoms with Crippen LogP contribution in [0.4, 0.5) is 0 Å². The number of hydrogen-bond acceptors (Lipinski definition) is 1. The number of rotatable bonds is 1. The fourth-order valence-electron chi connectivity index (χ4n) is 1.47. The van der Waals surface area contributed by atoms with E-state index in [0.29, 0.717) is 10.4 Å². The third-order valence-electron chi connectivity index (χ3n) is 2.08. The van der Waals surface area contributed by atoms with Crippen LogP contribution < -0.4 is 0 Å². The Kier molecular flexibility index (Phi) is 4.10. The molecule has 0 heterocycles. The molecule has 0 aliphatic rings. The molecule has 15 heavy (non-hydrogen) atoms. The van der Waals surface area contributed by atoms with E-state index in [1.165, 1.54) is 0 Å².